The van der Waals surface area contributed by atoms with E-state index in [1.807, 2.05) is 0 Å². The highest BCUT2D eigenvalue weighted by Crippen LogP contribution is 2.28. The van der Waals surface area contributed by atoms with Crippen molar-refractivity contribution in [1.82, 2.24) is 9.47 Å². The molecule has 0 spiro atoms. The van der Waals surface area contributed by atoms with Crippen LogP contribution in [-0.4, -0.2) is 27.0 Å². The minimum atomic E-state index is -0.467. The summed E-state index contributed by atoms with van der Waals surface area (Å²) < 4.78 is 1.44. The van der Waals surface area contributed by atoms with Gasteiger partial charge in [-0.15, -0.1) is 0 Å². The lowest BCUT2D eigenvalue weighted by Gasteiger charge is -2.22. The summed E-state index contributed by atoms with van der Waals surface area (Å²) in [6.45, 7) is 6.37. The van der Waals surface area contributed by atoms with Gasteiger partial charge in [0, 0.05) is 37.8 Å². The van der Waals surface area contributed by atoms with Crippen molar-refractivity contribution < 1.29 is 4.92 Å². The fraction of sp³-hybridized carbons (Fsp3) is 0.450. The van der Waals surface area contributed by atoms with Gasteiger partial charge in [0.1, 0.15) is 0 Å². The zero-order valence-electron chi connectivity index (χ0n) is 15.3. The Kier molecular flexibility index (Phi) is 5.52. The predicted molar refractivity (Wildman–Crippen MR) is 101 cm³/mol. The Morgan fingerprint density at radius 1 is 1.19 bits per heavy atom. The summed E-state index contributed by atoms with van der Waals surface area (Å²) in [5.41, 5.74) is 2.34. The first-order valence-electron chi connectivity index (χ1n) is 9.12. The molecule has 0 amide bonds. The third-order valence-corrected chi connectivity index (χ3v) is 4.90. The molecule has 1 aromatic heterocycles. The fourth-order valence-corrected chi connectivity index (χ4v) is 3.11. The molecule has 0 saturated heterocycles. The van der Waals surface area contributed by atoms with Crippen LogP contribution in [0.15, 0.2) is 47.4 Å². The van der Waals surface area contributed by atoms with Crippen molar-refractivity contribution in [3.8, 4) is 0 Å². The molecule has 0 unspecified atom stereocenters. The van der Waals surface area contributed by atoms with E-state index in [0.717, 1.165) is 6.54 Å². The van der Waals surface area contributed by atoms with Gasteiger partial charge >= 0.3 is 0 Å². The van der Waals surface area contributed by atoms with Crippen LogP contribution in [0.1, 0.15) is 43.7 Å². The van der Waals surface area contributed by atoms with E-state index in [-0.39, 0.29) is 11.2 Å². The Hall–Kier alpha value is -2.47. The maximum atomic E-state index is 12.0. The van der Waals surface area contributed by atoms with Gasteiger partial charge in [-0.3, -0.25) is 19.8 Å². The zero-order valence-corrected chi connectivity index (χ0v) is 15.3. The molecular formula is C20H25N3O3. The van der Waals surface area contributed by atoms with Crippen molar-refractivity contribution in [3.05, 3.63) is 74.2 Å². The Labute approximate surface area is 153 Å². The van der Waals surface area contributed by atoms with E-state index in [1.165, 1.54) is 46.9 Å². The van der Waals surface area contributed by atoms with Gasteiger partial charge in [0.15, 0.2) is 0 Å². The van der Waals surface area contributed by atoms with Crippen LogP contribution in [0.3, 0.4) is 0 Å². The molecule has 0 N–H and O–H groups in total. The Balaban J connectivity index is 1.67. The van der Waals surface area contributed by atoms with Crippen LogP contribution in [0.2, 0.25) is 0 Å². The summed E-state index contributed by atoms with van der Waals surface area (Å²) in [5.74, 6) is 0.518. The number of nitro groups is 1. The maximum absolute atomic E-state index is 12.0. The molecule has 6 heteroatoms. The van der Waals surface area contributed by atoms with Crippen LogP contribution < -0.4 is 5.56 Å². The normalized spacial score (nSPS) is 14.2. The molecule has 138 valence electrons. The highest BCUT2D eigenvalue weighted by Gasteiger charge is 2.28. The Morgan fingerprint density at radius 2 is 1.88 bits per heavy atom. The Morgan fingerprint density at radius 3 is 2.46 bits per heavy atom. The van der Waals surface area contributed by atoms with Crippen LogP contribution in [0.4, 0.5) is 5.69 Å². The molecule has 1 aromatic carbocycles. The summed E-state index contributed by atoms with van der Waals surface area (Å²) >= 11 is 0. The van der Waals surface area contributed by atoms with E-state index >= 15 is 0 Å². The van der Waals surface area contributed by atoms with Crippen molar-refractivity contribution >= 4 is 5.69 Å². The molecule has 0 radical (unpaired) electrons. The van der Waals surface area contributed by atoms with Crippen LogP contribution >= 0.6 is 0 Å². The van der Waals surface area contributed by atoms with Gasteiger partial charge in [-0.2, -0.15) is 0 Å². The van der Waals surface area contributed by atoms with E-state index in [1.54, 1.807) is 0 Å². The standard InChI is InChI=1S/C20H25N3O3/c1-15(2)17-5-3-16(4-6-17)13-21(18-7-8-18)11-12-22-14-19(23(25)26)9-10-20(22)24/h3-6,9-10,14-15,18H,7-8,11-13H2,1-2H3. The number of nitrogens with zero attached hydrogens (tertiary/aromatic N) is 3. The fourth-order valence-electron chi connectivity index (χ4n) is 3.11. The number of hydrogen-bond donors (Lipinski definition) is 0. The summed E-state index contributed by atoms with van der Waals surface area (Å²) in [6.07, 6.45) is 3.69. The largest absolute Gasteiger partial charge is 0.308 e. The summed E-state index contributed by atoms with van der Waals surface area (Å²) in [4.78, 5) is 24.8. The molecule has 3 rings (SSSR count). The van der Waals surface area contributed by atoms with Gasteiger partial charge in [-0.1, -0.05) is 38.1 Å². The van der Waals surface area contributed by atoms with E-state index in [0.29, 0.717) is 25.0 Å². The highest BCUT2D eigenvalue weighted by molar-refractivity contribution is 5.25. The molecule has 6 nitrogen and oxygen atoms in total. The van der Waals surface area contributed by atoms with Crippen molar-refractivity contribution in [3.63, 3.8) is 0 Å². The smallest absolute Gasteiger partial charge is 0.285 e. The van der Waals surface area contributed by atoms with Crippen LogP contribution in [-0.2, 0) is 13.1 Å². The average molecular weight is 355 g/mol. The predicted octanol–water partition coefficient (Wildman–Crippen LogP) is 3.54. The van der Waals surface area contributed by atoms with Crippen LogP contribution in [0, 0.1) is 10.1 Å². The molecular weight excluding hydrogens is 330 g/mol. The third-order valence-electron chi connectivity index (χ3n) is 4.90. The van der Waals surface area contributed by atoms with Gasteiger partial charge in [0.2, 0.25) is 0 Å². The quantitative estimate of drug-likeness (QED) is 0.536. The highest BCUT2D eigenvalue weighted by atomic mass is 16.6. The Bertz CT molecular complexity index is 823. The van der Waals surface area contributed by atoms with Crippen LogP contribution in [0.25, 0.3) is 0 Å². The zero-order chi connectivity index (χ0) is 18.7. The first-order chi connectivity index (χ1) is 12.4. The maximum Gasteiger partial charge on any atom is 0.285 e. The van der Waals surface area contributed by atoms with Crippen molar-refractivity contribution in [2.75, 3.05) is 6.54 Å². The molecule has 2 aromatic rings. The van der Waals surface area contributed by atoms with Gasteiger partial charge in [-0.05, 0) is 29.9 Å². The van der Waals surface area contributed by atoms with E-state index in [4.69, 9.17) is 0 Å². The first-order valence-corrected chi connectivity index (χ1v) is 9.12. The van der Waals surface area contributed by atoms with Gasteiger partial charge in [-0.25, -0.2) is 0 Å². The number of aromatic nitrogens is 1. The van der Waals surface area contributed by atoms with Crippen molar-refractivity contribution in [2.24, 2.45) is 0 Å². The molecule has 1 saturated carbocycles. The van der Waals surface area contributed by atoms with Gasteiger partial charge in [0.25, 0.3) is 11.2 Å². The number of rotatable bonds is 8. The second kappa shape index (κ2) is 7.83. The molecule has 0 bridgehead atoms. The molecule has 0 atom stereocenters. The lowest BCUT2D eigenvalue weighted by atomic mass is 10.0. The molecule has 1 aliphatic rings. The molecule has 0 aliphatic heterocycles. The molecule has 1 aliphatic carbocycles. The van der Waals surface area contributed by atoms with E-state index in [9.17, 15) is 14.9 Å². The van der Waals surface area contributed by atoms with E-state index in [2.05, 4.69) is 43.0 Å². The monoisotopic (exact) mass is 355 g/mol. The number of benzene rings is 1. The van der Waals surface area contributed by atoms with Crippen molar-refractivity contribution in [1.29, 1.82) is 0 Å². The summed E-state index contributed by atoms with van der Waals surface area (Å²) in [7, 11) is 0. The summed E-state index contributed by atoms with van der Waals surface area (Å²) in [6, 6.07) is 11.8. The number of pyridine rings is 1. The topological polar surface area (TPSA) is 68.4 Å². The van der Waals surface area contributed by atoms with Gasteiger partial charge in [0.05, 0.1) is 11.1 Å². The molecule has 1 fully saturated rings. The SMILES string of the molecule is CC(C)c1ccc(CN(CCn2cc([N+](=O)[O-])ccc2=O)C2CC2)cc1. The third kappa shape index (κ3) is 4.58. The van der Waals surface area contributed by atoms with Crippen LogP contribution in [0.5, 0.6) is 0 Å². The second-order valence-corrected chi connectivity index (χ2v) is 7.27. The summed E-state index contributed by atoms with van der Waals surface area (Å²) in [5, 5.41) is 10.9. The van der Waals surface area contributed by atoms with Gasteiger partial charge < -0.3 is 4.57 Å². The first kappa shape index (κ1) is 18.3. The number of hydrogen-bond acceptors (Lipinski definition) is 4. The second-order valence-electron chi connectivity index (χ2n) is 7.27. The lowest BCUT2D eigenvalue weighted by Crippen LogP contribution is -2.32. The minimum absolute atomic E-state index is 0.0492. The molecule has 1 heterocycles. The minimum Gasteiger partial charge on any atom is -0.308 e. The van der Waals surface area contributed by atoms with Crippen molar-refractivity contribution in [2.45, 2.75) is 51.7 Å². The molecule has 26 heavy (non-hydrogen) atoms. The average Bonchev–Trinajstić information content (AvgIpc) is 3.45. The van der Waals surface area contributed by atoms with E-state index < -0.39 is 4.92 Å². The lowest BCUT2D eigenvalue weighted by molar-refractivity contribution is -0.385.